The summed E-state index contributed by atoms with van der Waals surface area (Å²) in [7, 11) is -3.82. The standard InChI is InChI=1S/C13H16FNO4S/c1-13(5-2-6-13)8-15-20(18,19)9-3-4-11(14)10(7-9)12(16)17/h3-4,7,15H,2,5-6,8H2,1H3,(H,16,17). The first-order chi connectivity index (χ1) is 9.23. The summed E-state index contributed by atoms with van der Waals surface area (Å²) >= 11 is 0. The molecule has 1 aromatic rings. The highest BCUT2D eigenvalue weighted by molar-refractivity contribution is 7.89. The highest BCUT2D eigenvalue weighted by Crippen LogP contribution is 2.39. The molecule has 0 aromatic heterocycles. The molecule has 5 nitrogen and oxygen atoms in total. The van der Waals surface area contributed by atoms with Gasteiger partial charge in [-0.1, -0.05) is 13.3 Å². The molecular formula is C13H16FNO4S. The predicted octanol–water partition coefficient (Wildman–Crippen LogP) is 1.99. The lowest BCUT2D eigenvalue weighted by atomic mass is 9.71. The van der Waals surface area contributed by atoms with Gasteiger partial charge in [-0.25, -0.2) is 22.3 Å². The quantitative estimate of drug-likeness (QED) is 0.871. The first kappa shape index (κ1) is 14.9. The SMILES string of the molecule is CC1(CNS(=O)(=O)c2ccc(F)c(C(=O)O)c2)CCC1. The van der Waals surface area contributed by atoms with Crippen molar-refractivity contribution in [3.63, 3.8) is 0 Å². The Morgan fingerprint density at radius 1 is 1.45 bits per heavy atom. The van der Waals surface area contributed by atoms with Crippen molar-refractivity contribution in [3.05, 3.63) is 29.6 Å². The van der Waals surface area contributed by atoms with Crippen molar-refractivity contribution in [1.29, 1.82) is 0 Å². The van der Waals surface area contributed by atoms with Crippen molar-refractivity contribution in [2.75, 3.05) is 6.54 Å². The third-order valence-electron chi connectivity index (χ3n) is 3.73. The Kier molecular flexibility index (Phi) is 3.84. The normalized spacial score (nSPS) is 17.5. The first-order valence-electron chi connectivity index (χ1n) is 6.26. The van der Waals surface area contributed by atoms with E-state index in [4.69, 9.17) is 5.11 Å². The van der Waals surface area contributed by atoms with Crippen LogP contribution >= 0.6 is 0 Å². The number of nitrogens with one attached hydrogen (secondary N) is 1. The predicted molar refractivity (Wildman–Crippen MR) is 70.5 cm³/mol. The molecule has 110 valence electrons. The van der Waals surface area contributed by atoms with Gasteiger partial charge in [-0.15, -0.1) is 0 Å². The Labute approximate surface area is 116 Å². The zero-order valence-electron chi connectivity index (χ0n) is 11.0. The van der Waals surface area contributed by atoms with E-state index in [0.717, 1.165) is 37.5 Å². The van der Waals surface area contributed by atoms with Crippen molar-refractivity contribution in [3.8, 4) is 0 Å². The van der Waals surface area contributed by atoms with E-state index in [9.17, 15) is 17.6 Å². The van der Waals surface area contributed by atoms with Crippen LogP contribution in [-0.4, -0.2) is 26.0 Å². The maximum Gasteiger partial charge on any atom is 0.338 e. The van der Waals surface area contributed by atoms with E-state index in [1.165, 1.54) is 0 Å². The second-order valence-corrected chi connectivity index (χ2v) is 7.20. The Bertz CT molecular complexity index is 638. The minimum atomic E-state index is -3.82. The maximum atomic E-state index is 13.3. The van der Waals surface area contributed by atoms with Gasteiger partial charge in [-0.2, -0.15) is 0 Å². The fraction of sp³-hybridized carbons (Fsp3) is 0.462. The van der Waals surface area contributed by atoms with Crippen LogP contribution in [0.2, 0.25) is 0 Å². The van der Waals surface area contributed by atoms with Gasteiger partial charge in [0.2, 0.25) is 10.0 Å². The second kappa shape index (κ2) is 5.14. The number of rotatable bonds is 5. The van der Waals surface area contributed by atoms with Crippen LogP contribution in [-0.2, 0) is 10.0 Å². The Morgan fingerprint density at radius 3 is 2.60 bits per heavy atom. The number of halogens is 1. The molecule has 1 aliphatic carbocycles. The van der Waals surface area contributed by atoms with Crippen LogP contribution in [0.25, 0.3) is 0 Å². The van der Waals surface area contributed by atoms with Crippen LogP contribution in [0.5, 0.6) is 0 Å². The number of carbonyl (C=O) groups is 1. The molecule has 1 aliphatic rings. The number of hydrogen-bond donors (Lipinski definition) is 2. The molecule has 0 aliphatic heterocycles. The summed E-state index contributed by atoms with van der Waals surface area (Å²) in [5.74, 6) is -2.45. The number of sulfonamides is 1. The third kappa shape index (κ3) is 2.99. The van der Waals surface area contributed by atoms with Gasteiger partial charge in [0.15, 0.2) is 0 Å². The van der Waals surface area contributed by atoms with Crippen LogP contribution in [0.1, 0.15) is 36.5 Å². The molecule has 20 heavy (non-hydrogen) atoms. The lowest BCUT2D eigenvalue weighted by Gasteiger charge is -2.38. The molecule has 0 amide bonds. The summed E-state index contributed by atoms with van der Waals surface area (Å²) in [6, 6.07) is 2.75. The number of carboxylic acid groups (broad SMARTS) is 1. The Hall–Kier alpha value is -1.47. The fourth-order valence-electron chi connectivity index (χ4n) is 2.15. The topological polar surface area (TPSA) is 83.5 Å². The number of benzene rings is 1. The largest absolute Gasteiger partial charge is 0.478 e. The van der Waals surface area contributed by atoms with Crippen molar-refractivity contribution in [2.24, 2.45) is 5.41 Å². The molecule has 0 atom stereocenters. The zero-order chi connectivity index (χ0) is 15.0. The van der Waals surface area contributed by atoms with E-state index in [-0.39, 0.29) is 10.3 Å². The van der Waals surface area contributed by atoms with Crippen LogP contribution in [0.4, 0.5) is 4.39 Å². The molecule has 1 aromatic carbocycles. The summed E-state index contributed by atoms with van der Waals surface area (Å²) < 4.78 is 39.9. The number of carboxylic acids is 1. The first-order valence-corrected chi connectivity index (χ1v) is 7.74. The lowest BCUT2D eigenvalue weighted by Crippen LogP contribution is -2.39. The summed E-state index contributed by atoms with van der Waals surface area (Å²) in [5, 5.41) is 8.81. The van der Waals surface area contributed by atoms with Gasteiger partial charge in [0.1, 0.15) is 5.82 Å². The lowest BCUT2D eigenvalue weighted by molar-refractivity contribution is 0.0691. The van der Waals surface area contributed by atoms with Crippen LogP contribution in [0.15, 0.2) is 23.1 Å². The van der Waals surface area contributed by atoms with E-state index >= 15 is 0 Å². The van der Waals surface area contributed by atoms with Gasteiger partial charge < -0.3 is 5.11 Å². The summed E-state index contributed by atoms with van der Waals surface area (Å²) in [5.41, 5.74) is -0.689. The molecule has 0 saturated heterocycles. The number of aromatic carboxylic acids is 1. The van der Waals surface area contributed by atoms with Crippen molar-refractivity contribution < 1.29 is 22.7 Å². The van der Waals surface area contributed by atoms with Crippen molar-refractivity contribution in [1.82, 2.24) is 4.72 Å². The molecule has 0 spiro atoms. The molecule has 1 saturated carbocycles. The average molecular weight is 301 g/mol. The van der Waals surface area contributed by atoms with Gasteiger partial charge in [-0.3, -0.25) is 0 Å². The van der Waals surface area contributed by atoms with Crippen molar-refractivity contribution in [2.45, 2.75) is 31.1 Å². The van der Waals surface area contributed by atoms with Gasteiger partial charge >= 0.3 is 5.97 Å². The molecule has 1 fully saturated rings. The molecule has 2 rings (SSSR count). The van der Waals surface area contributed by atoms with E-state index < -0.39 is 27.4 Å². The van der Waals surface area contributed by atoms with Crippen LogP contribution in [0, 0.1) is 11.2 Å². The number of hydrogen-bond acceptors (Lipinski definition) is 3. The highest BCUT2D eigenvalue weighted by Gasteiger charge is 2.33. The summed E-state index contributed by atoms with van der Waals surface area (Å²) in [4.78, 5) is 10.6. The van der Waals surface area contributed by atoms with Crippen LogP contribution in [0.3, 0.4) is 0 Å². The molecule has 7 heteroatoms. The van der Waals surface area contributed by atoms with E-state index in [1.807, 2.05) is 6.92 Å². The minimum absolute atomic E-state index is 0.0390. The fourth-order valence-corrected chi connectivity index (χ4v) is 3.37. The molecule has 2 N–H and O–H groups in total. The van der Waals surface area contributed by atoms with E-state index in [1.54, 1.807) is 0 Å². The Morgan fingerprint density at radius 2 is 2.10 bits per heavy atom. The van der Waals surface area contributed by atoms with Crippen molar-refractivity contribution >= 4 is 16.0 Å². The van der Waals surface area contributed by atoms with Gasteiger partial charge in [0.25, 0.3) is 0 Å². The Balaban J connectivity index is 2.21. The molecule has 0 heterocycles. The smallest absolute Gasteiger partial charge is 0.338 e. The highest BCUT2D eigenvalue weighted by atomic mass is 32.2. The second-order valence-electron chi connectivity index (χ2n) is 5.44. The third-order valence-corrected chi connectivity index (χ3v) is 5.13. The van der Waals surface area contributed by atoms with Gasteiger partial charge in [0, 0.05) is 6.54 Å². The minimum Gasteiger partial charge on any atom is -0.478 e. The maximum absolute atomic E-state index is 13.3. The van der Waals surface area contributed by atoms with Gasteiger partial charge in [-0.05, 0) is 36.5 Å². The zero-order valence-corrected chi connectivity index (χ0v) is 11.8. The monoisotopic (exact) mass is 301 g/mol. The average Bonchev–Trinajstić information content (AvgIpc) is 2.34. The summed E-state index contributed by atoms with van der Waals surface area (Å²) in [6.07, 6.45) is 3.00. The summed E-state index contributed by atoms with van der Waals surface area (Å²) in [6.45, 7) is 2.29. The van der Waals surface area contributed by atoms with Gasteiger partial charge in [0.05, 0.1) is 10.5 Å². The van der Waals surface area contributed by atoms with E-state index in [0.29, 0.717) is 6.54 Å². The van der Waals surface area contributed by atoms with Crippen LogP contribution < -0.4 is 4.72 Å². The van der Waals surface area contributed by atoms with E-state index in [2.05, 4.69) is 4.72 Å². The molecule has 0 unspecified atom stereocenters. The molecule has 0 bridgehead atoms. The molecule has 0 radical (unpaired) electrons. The molecular weight excluding hydrogens is 285 g/mol.